The van der Waals surface area contributed by atoms with Gasteiger partial charge in [0, 0.05) is 24.0 Å². The van der Waals surface area contributed by atoms with Crippen molar-refractivity contribution in [2.75, 3.05) is 19.7 Å². The van der Waals surface area contributed by atoms with Gasteiger partial charge in [0.1, 0.15) is 11.3 Å². The van der Waals surface area contributed by atoms with Crippen molar-refractivity contribution in [2.24, 2.45) is 0 Å². The number of aromatic hydroxyl groups is 1. The van der Waals surface area contributed by atoms with Crippen LogP contribution in [0.5, 0.6) is 5.75 Å². The molecule has 0 aliphatic carbocycles. The van der Waals surface area contributed by atoms with E-state index in [0.29, 0.717) is 18.5 Å². The number of carbonyl (C=O) groups excluding carboxylic acids is 2. The van der Waals surface area contributed by atoms with Gasteiger partial charge in [0.15, 0.2) is 12.4 Å². The van der Waals surface area contributed by atoms with Crippen LogP contribution in [0.2, 0.25) is 0 Å². The highest BCUT2D eigenvalue weighted by Gasteiger charge is 2.27. The van der Waals surface area contributed by atoms with Gasteiger partial charge in [-0.15, -0.1) is 0 Å². The van der Waals surface area contributed by atoms with Gasteiger partial charge in [0.05, 0.1) is 4.90 Å². The maximum Gasteiger partial charge on any atom is 0.342 e. The molecule has 160 valence electrons. The lowest BCUT2D eigenvalue weighted by molar-refractivity contribution is 0.0472. The van der Waals surface area contributed by atoms with Crippen LogP contribution in [0.4, 0.5) is 0 Å². The Hall–Kier alpha value is -3.23. The lowest BCUT2D eigenvalue weighted by Crippen LogP contribution is -2.27. The van der Waals surface area contributed by atoms with Gasteiger partial charge >= 0.3 is 5.97 Å². The molecule has 0 saturated carbocycles. The van der Waals surface area contributed by atoms with Gasteiger partial charge in [-0.05, 0) is 48.6 Å². The summed E-state index contributed by atoms with van der Waals surface area (Å²) in [5, 5.41) is 11.6. The summed E-state index contributed by atoms with van der Waals surface area (Å²) in [6, 6.07) is 15.8. The van der Waals surface area contributed by atoms with E-state index >= 15 is 0 Å². The molecule has 0 unspecified atom stereocenters. The smallest absolute Gasteiger partial charge is 0.342 e. The van der Waals surface area contributed by atoms with Crippen molar-refractivity contribution in [1.29, 1.82) is 0 Å². The molecule has 0 radical (unpaired) electrons. The van der Waals surface area contributed by atoms with Crippen LogP contribution >= 0.6 is 0 Å². The monoisotopic (exact) mass is 439 g/mol. The maximum absolute atomic E-state index is 12.6. The molecule has 3 aromatic carbocycles. The number of ether oxygens (including phenoxy) is 1. The van der Waals surface area contributed by atoms with Crippen molar-refractivity contribution in [1.82, 2.24) is 4.31 Å². The second-order valence-electron chi connectivity index (χ2n) is 7.32. The highest BCUT2D eigenvalue weighted by atomic mass is 32.2. The number of phenolic OH excluding ortho intramolecular Hbond substituents is 1. The highest BCUT2D eigenvalue weighted by Crippen LogP contribution is 2.29. The molecule has 1 saturated heterocycles. The average molecular weight is 439 g/mol. The fraction of sp³-hybridized carbons (Fsp3) is 0.217. The zero-order chi connectivity index (χ0) is 22.0. The fourth-order valence-corrected chi connectivity index (χ4v) is 5.12. The summed E-state index contributed by atoms with van der Waals surface area (Å²) in [5.41, 5.74) is 0.203. The molecule has 0 spiro atoms. The molecule has 1 N–H and O–H groups in total. The number of nitrogens with zero attached hydrogens (tertiary/aromatic N) is 1. The summed E-state index contributed by atoms with van der Waals surface area (Å²) >= 11 is 0. The molecule has 3 aromatic rings. The Morgan fingerprint density at radius 3 is 2.32 bits per heavy atom. The number of phenols is 1. The summed E-state index contributed by atoms with van der Waals surface area (Å²) in [7, 11) is -3.56. The Morgan fingerprint density at radius 2 is 1.61 bits per heavy atom. The third-order valence-electron chi connectivity index (χ3n) is 5.33. The van der Waals surface area contributed by atoms with E-state index in [1.165, 1.54) is 34.6 Å². The predicted molar refractivity (Wildman–Crippen MR) is 115 cm³/mol. The molecule has 0 atom stereocenters. The molecule has 1 heterocycles. The van der Waals surface area contributed by atoms with Crippen LogP contribution in [-0.2, 0) is 14.8 Å². The Bertz CT molecular complexity index is 1240. The van der Waals surface area contributed by atoms with E-state index in [-0.39, 0.29) is 21.8 Å². The number of hydrogen-bond acceptors (Lipinski definition) is 6. The number of hydrogen-bond donors (Lipinski definition) is 1. The molecule has 1 aliphatic heterocycles. The topological polar surface area (TPSA) is 101 Å². The second kappa shape index (κ2) is 8.49. The van der Waals surface area contributed by atoms with E-state index in [9.17, 15) is 23.1 Å². The van der Waals surface area contributed by atoms with Crippen molar-refractivity contribution in [2.45, 2.75) is 17.7 Å². The highest BCUT2D eigenvalue weighted by molar-refractivity contribution is 7.89. The average Bonchev–Trinajstić information content (AvgIpc) is 3.34. The third-order valence-corrected chi connectivity index (χ3v) is 7.25. The van der Waals surface area contributed by atoms with Crippen molar-refractivity contribution >= 4 is 32.5 Å². The molecule has 0 aromatic heterocycles. The summed E-state index contributed by atoms with van der Waals surface area (Å²) in [4.78, 5) is 24.9. The Morgan fingerprint density at radius 1 is 0.935 bits per heavy atom. The van der Waals surface area contributed by atoms with Crippen LogP contribution in [0.25, 0.3) is 10.8 Å². The molecule has 7 nitrogen and oxygen atoms in total. The van der Waals surface area contributed by atoms with Crippen molar-refractivity contribution < 1.29 is 27.9 Å². The van der Waals surface area contributed by atoms with Gasteiger partial charge in [-0.3, -0.25) is 4.79 Å². The van der Waals surface area contributed by atoms with Gasteiger partial charge in [-0.2, -0.15) is 4.31 Å². The number of fused-ring (bicyclic) bond motifs is 1. The summed E-state index contributed by atoms with van der Waals surface area (Å²) < 4.78 is 31.6. The first-order valence-corrected chi connectivity index (χ1v) is 11.3. The Kier molecular flexibility index (Phi) is 5.75. The number of Topliss-reactive ketones (excluding diaryl/α,β-unsaturated/α-hetero) is 1. The van der Waals surface area contributed by atoms with Crippen LogP contribution in [0.15, 0.2) is 65.6 Å². The van der Waals surface area contributed by atoms with Crippen LogP contribution in [0.1, 0.15) is 33.6 Å². The van der Waals surface area contributed by atoms with E-state index < -0.39 is 28.4 Å². The van der Waals surface area contributed by atoms with Crippen LogP contribution in [0, 0.1) is 0 Å². The SMILES string of the molecule is O=C(COC(=O)c1ccc2ccccc2c1O)c1ccc(S(=O)(=O)N2CCCC2)cc1. The van der Waals surface area contributed by atoms with Crippen molar-refractivity contribution in [3.05, 3.63) is 71.8 Å². The van der Waals surface area contributed by atoms with Crippen LogP contribution < -0.4 is 0 Å². The molecule has 8 heteroatoms. The van der Waals surface area contributed by atoms with Gasteiger partial charge in [-0.25, -0.2) is 13.2 Å². The Labute approximate surface area is 179 Å². The lowest BCUT2D eigenvalue weighted by Gasteiger charge is -2.15. The largest absolute Gasteiger partial charge is 0.506 e. The molecule has 4 rings (SSSR count). The van der Waals surface area contributed by atoms with Crippen LogP contribution in [0.3, 0.4) is 0 Å². The van der Waals surface area contributed by atoms with Crippen molar-refractivity contribution in [3.8, 4) is 5.75 Å². The number of ketones is 1. The first kappa shape index (κ1) is 21.0. The second-order valence-corrected chi connectivity index (χ2v) is 9.26. The van der Waals surface area contributed by atoms with E-state index in [2.05, 4.69) is 0 Å². The van der Waals surface area contributed by atoms with Crippen molar-refractivity contribution in [3.63, 3.8) is 0 Å². The minimum Gasteiger partial charge on any atom is -0.506 e. The summed E-state index contributed by atoms with van der Waals surface area (Å²) in [6.07, 6.45) is 1.68. The van der Waals surface area contributed by atoms with Crippen LogP contribution in [-0.4, -0.2) is 49.3 Å². The van der Waals surface area contributed by atoms with E-state index in [1.807, 2.05) is 6.07 Å². The molecule has 0 amide bonds. The summed E-state index contributed by atoms with van der Waals surface area (Å²) in [6.45, 7) is 0.477. The summed E-state index contributed by atoms with van der Waals surface area (Å²) in [5.74, 6) is -1.49. The molecular weight excluding hydrogens is 418 g/mol. The number of benzene rings is 3. The molecule has 1 aliphatic rings. The maximum atomic E-state index is 12.6. The molecular formula is C23H21NO6S. The normalized spacial score (nSPS) is 14.6. The zero-order valence-corrected chi connectivity index (χ0v) is 17.5. The number of rotatable bonds is 6. The quantitative estimate of drug-likeness (QED) is 0.467. The van der Waals surface area contributed by atoms with Gasteiger partial charge in [0.25, 0.3) is 0 Å². The van der Waals surface area contributed by atoms with Gasteiger partial charge in [0.2, 0.25) is 10.0 Å². The standard InChI is InChI=1S/C23H21NO6S/c25-21(17-7-10-18(11-8-17)31(28,29)24-13-3-4-14-24)15-30-23(27)20-12-9-16-5-1-2-6-19(16)22(20)26/h1-2,5-12,26H,3-4,13-15H2. The molecule has 0 bridgehead atoms. The number of sulfonamides is 1. The first-order chi connectivity index (χ1) is 14.9. The van der Waals surface area contributed by atoms with E-state index in [1.54, 1.807) is 24.3 Å². The number of carbonyl (C=O) groups is 2. The predicted octanol–water partition coefficient (Wildman–Crippen LogP) is 3.37. The van der Waals surface area contributed by atoms with E-state index in [4.69, 9.17) is 4.74 Å². The van der Waals surface area contributed by atoms with Gasteiger partial charge in [-0.1, -0.05) is 30.3 Å². The fourth-order valence-electron chi connectivity index (χ4n) is 3.60. The van der Waals surface area contributed by atoms with E-state index in [0.717, 1.165) is 18.2 Å². The minimum absolute atomic E-state index is 0.0291. The lowest BCUT2D eigenvalue weighted by atomic mass is 10.1. The zero-order valence-electron chi connectivity index (χ0n) is 16.7. The number of esters is 1. The molecule has 31 heavy (non-hydrogen) atoms. The molecule has 1 fully saturated rings. The Balaban J connectivity index is 1.43. The first-order valence-electron chi connectivity index (χ1n) is 9.89. The van der Waals surface area contributed by atoms with Gasteiger partial charge < -0.3 is 9.84 Å². The third kappa shape index (κ3) is 4.17. The minimum atomic E-state index is -3.56.